The van der Waals surface area contributed by atoms with Gasteiger partial charge in [0.05, 0.1) is 0 Å². The van der Waals surface area contributed by atoms with Crippen LogP contribution in [0.25, 0.3) is 0 Å². The molecule has 0 fully saturated rings. The first-order chi connectivity index (χ1) is 8.66. The lowest BCUT2D eigenvalue weighted by Gasteiger charge is -2.05. The number of thiazole rings is 1. The maximum Gasteiger partial charge on any atom is 0.298 e. The summed E-state index contributed by atoms with van der Waals surface area (Å²) in [4.78, 5) is 27.0. The molecule has 0 atom stereocenters. The first-order valence-corrected chi connectivity index (χ1v) is 6.18. The Morgan fingerprint density at radius 3 is 2.39 bits per heavy atom. The SMILES string of the molecule is O=C(NNC(=O)c1nccs1)c1ccc(Cl)cc1. The number of hydrogen-bond acceptors (Lipinski definition) is 4. The highest BCUT2D eigenvalue weighted by atomic mass is 35.5. The minimum Gasteiger partial charge on any atom is -0.267 e. The van der Waals surface area contributed by atoms with E-state index in [9.17, 15) is 9.59 Å². The van der Waals surface area contributed by atoms with Crippen LogP contribution in [0.5, 0.6) is 0 Å². The van der Waals surface area contributed by atoms with Crippen molar-refractivity contribution in [2.24, 2.45) is 0 Å². The number of carbonyl (C=O) groups excluding carboxylic acids is 2. The van der Waals surface area contributed by atoms with Crippen LogP contribution in [0, 0.1) is 0 Å². The van der Waals surface area contributed by atoms with Gasteiger partial charge in [0.25, 0.3) is 11.8 Å². The molecule has 1 aromatic carbocycles. The van der Waals surface area contributed by atoms with E-state index in [0.717, 1.165) is 0 Å². The lowest BCUT2D eigenvalue weighted by atomic mass is 10.2. The number of halogens is 1. The Kier molecular flexibility index (Phi) is 3.91. The predicted molar refractivity (Wildman–Crippen MR) is 68.5 cm³/mol. The van der Waals surface area contributed by atoms with Gasteiger partial charge in [0.1, 0.15) is 0 Å². The van der Waals surface area contributed by atoms with Crippen molar-refractivity contribution >= 4 is 34.8 Å². The molecular weight excluding hydrogens is 274 g/mol. The Morgan fingerprint density at radius 2 is 1.78 bits per heavy atom. The molecule has 2 aromatic rings. The fraction of sp³-hybridized carbons (Fsp3) is 0. The number of carbonyl (C=O) groups is 2. The number of benzene rings is 1. The van der Waals surface area contributed by atoms with E-state index in [1.54, 1.807) is 29.6 Å². The van der Waals surface area contributed by atoms with E-state index in [4.69, 9.17) is 11.6 Å². The number of hydrogen-bond donors (Lipinski definition) is 2. The third-order valence-electron chi connectivity index (χ3n) is 2.02. The minimum absolute atomic E-state index is 0.284. The van der Waals surface area contributed by atoms with E-state index in [-0.39, 0.29) is 5.01 Å². The Hall–Kier alpha value is -1.92. The van der Waals surface area contributed by atoms with Crippen LogP contribution in [0.1, 0.15) is 20.2 Å². The number of amides is 2. The third-order valence-corrected chi connectivity index (χ3v) is 3.05. The fourth-order valence-corrected chi connectivity index (χ4v) is 1.83. The van der Waals surface area contributed by atoms with Gasteiger partial charge in [-0.15, -0.1) is 11.3 Å². The Labute approximate surface area is 112 Å². The zero-order chi connectivity index (χ0) is 13.0. The van der Waals surface area contributed by atoms with Gasteiger partial charge in [-0.2, -0.15) is 0 Å². The summed E-state index contributed by atoms with van der Waals surface area (Å²) in [5.41, 5.74) is 4.97. The Bertz CT molecular complexity index is 554. The number of nitrogens with zero attached hydrogens (tertiary/aromatic N) is 1. The molecule has 0 saturated heterocycles. The van der Waals surface area contributed by atoms with Gasteiger partial charge in [0.2, 0.25) is 0 Å². The second-order valence-corrected chi connectivity index (χ2v) is 4.58. The maximum atomic E-state index is 11.6. The molecule has 0 unspecified atom stereocenters. The van der Waals surface area contributed by atoms with Crippen molar-refractivity contribution in [1.29, 1.82) is 0 Å². The number of aromatic nitrogens is 1. The second kappa shape index (κ2) is 5.61. The first-order valence-electron chi connectivity index (χ1n) is 4.92. The van der Waals surface area contributed by atoms with Crippen LogP contribution in [0.2, 0.25) is 5.02 Å². The zero-order valence-electron chi connectivity index (χ0n) is 9.01. The molecule has 18 heavy (non-hydrogen) atoms. The summed E-state index contributed by atoms with van der Waals surface area (Å²) in [7, 11) is 0. The predicted octanol–water partition coefficient (Wildman–Crippen LogP) is 1.87. The van der Waals surface area contributed by atoms with Gasteiger partial charge in [-0.3, -0.25) is 20.4 Å². The van der Waals surface area contributed by atoms with Crippen molar-refractivity contribution in [3.63, 3.8) is 0 Å². The smallest absolute Gasteiger partial charge is 0.267 e. The summed E-state index contributed by atoms with van der Waals surface area (Å²) in [5.74, 6) is -0.871. The van der Waals surface area contributed by atoms with Crippen molar-refractivity contribution in [2.75, 3.05) is 0 Å². The van der Waals surface area contributed by atoms with Crippen molar-refractivity contribution in [3.8, 4) is 0 Å². The molecular formula is C11H8ClN3O2S. The highest BCUT2D eigenvalue weighted by Gasteiger charge is 2.10. The van der Waals surface area contributed by atoms with Crippen LogP contribution >= 0.6 is 22.9 Å². The van der Waals surface area contributed by atoms with Crippen LogP contribution in [0.15, 0.2) is 35.8 Å². The van der Waals surface area contributed by atoms with E-state index in [1.807, 2.05) is 0 Å². The molecule has 7 heteroatoms. The van der Waals surface area contributed by atoms with Crippen molar-refractivity contribution in [1.82, 2.24) is 15.8 Å². The van der Waals surface area contributed by atoms with Crippen LogP contribution < -0.4 is 10.9 Å². The van der Waals surface area contributed by atoms with Crippen molar-refractivity contribution < 1.29 is 9.59 Å². The average molecular weight is 282 g/mol. The quantitative estimate of drug-likeness (QED) is 0.826. The molecule has 2 rings (SSSR count). The lowest BCUT2D eigenvalue weighted by Crippen LogP contribution is -2.41. The number of rotatable bonds is 2. The third kappa shape index (κ3) is 3.06. The van der Waals surface area contributed by atoms with Crippen LogP contribution in [0.3, 0.4) is 0 Å². The summed E-state index contributed by atoms with van der Waals surface area (Å²) in [5, 5.41) is 2.50. The van der Waals surface area contributed by atoms with Gasteiger partial charge in [-0.25, -0.2) is 4.98 Å². The molecule has 1 heterocycles. The molecule has 0 radical (unpaired) electrons. The lowest BCUT2D eigenvalue weighted by molar-refractivity contribution is 0.0846. The summed E-state index contributed by atoms with van der Waals surface area (Å²) in [6, 6.07) is 6.32. The Morgan fingerprint density at radius 1 is 1.11 bits per heavy atom. The largest absolute Gasteiger partial charge is 0.298 e. The van der Waals surface area contributed by atoms with Gasteiger partial charge in [-0.05, 0) is 24.3 Å². The first kappa shape index (κ1) is 12.5. The molecule has 0 aliphatic heterocycles. The standard InChI is InChI=1S/C11H8ClN3O2S/c12-8-3-1-7(2-4-8)9(16)14-15-10(17)11-13-5-6-18-11/h1-6H,(H,14,16)(H,15,17). The highest BCUT2D eigenvalue weighted by molar-refractivity contribution is 7.11. The van der Waals surface area contributed by atoms with Crippen molar-refractivity contribution in [2.45, 2.75) is 0 Å². The number of nitrogens with one attached hydrogen (secondary N) is 2. The molecule has 2 N–H and O–H groups in total. The van der Waals surface area contributed by atoms with Gasteiger partial charge >= 0.3 is 0 Å². The summed E-state index contributed by atoms with van der Waals surface area (Å²) in [6.45, 7) is 0. The summed E-state index contributed by atoms with van der Waals surface area (Å²) < 4.78 is 0. The molecule has 5 nitrogen and oxygen atoms in total. The normalized spacial score (nSPS) is 9.83. The second-order valence-electron chi connectivity index (χ2n) is 3.25. The monoisotopic (exact) mass is 281 g/mol. The highest BCUT2D eigenvalue weighted by Crippen LogP contribution is 2.09. The summed E-state index contributed by atoms with van der Waals surface area (Å²) >= 11 is 6.89. The molecule has 1 aromatic heterocycles. The Balaban J connectivity index is 1.92. The van der Waals surface area contributed by atoms with E-state index in [0.29, 0.717) is 10.6 Å². The topological polar surface area (TPSA) is 71.1 Å². The molecule has 0 bridgehead atoms. The molecule has 0 aliphatic carbocycles. The summed E-state index contributed by atoms with van der Waals surface area (Å²) in [6.07, 6.45) is 1.51. The van der Waals surface area contributed by atoms with Crippen LogP contribution in [-0.4, -0.2) is 16.8 Å². The van der Waals surface area contributed by atoms with E-state index >= 15 is 0 Å². The molecule has 0 aliphatic rings. The van der Waals surface area contributed by atoms with Crippen LogP contribution in [-0.2, 0) is 0 Å². The van der Waals surface area contributed by atoms with Gasteiger partial charge in [-0.1, -0.05) is 11.6 Å². The molecule has 2 amide bonds. The number of hydrazine groups is 1. The molecule has 0 saturated carbocycles. The minimum atomic E-state index is -0.452. The molecule has 0 spiro atoms. The van der Waals surface area contributed by atoms with E-state index < -0.39 is 11.8 Å². The van der Waals surface area contributed by atoms with E-state index in [1.165, 1.54) is 17.5 Å². The van der Waals surface area contributed by atoms with Gasteiger partial charge in [0.15, 0.2) is 5.01 Å². The van der Waals surface area contributed by atoms with Crippen LogP contribution in [0.4, 0.5) is 0 Å². The molecule has 92 valence electrons. The van der Waals surface area contributed by atoms with Crippen molar-refractivity contribution in [3.05, 3.63) is 51.4 Å². The van der Waals surface area contributed by atoms with E-state index in [2.05, 4.69) is 15.8 Å². The van der Waals surface area contributed by atoms with Gasteiger partial charge < -0.3 is 0 Å². The average Bonchev–Trinajstić information content (AvgIpc) is 2.90. The van der Waals surface area contributed by atoms with Gasteiger partial charge in [0, 0.05) is 22.2 Å². The fourth-order valence-electron chi connectivity index (χ4n) is 1.18. The zero-order valence-corrected chi connectivity index (χ0v) is 10.6. The maximum absolute atomic E-state index is 11.6.